The highest BCUT2D eigenvalue weighted by molar-refractivity contribution is 6.07. The normalized spacial score (nSPS) is 20.2. The third-order valence-corrected chi connectivity index (χ3v) is 7.28. The molecule has 1 aromatic heterocycles. The van der Waals surface area contributed by atoms with Crippen LogP contribution in [-0.2, 0) is 28.0 Å². The van der Waals surface area contributed by atoms with Crippen molar-refractivity contribution in [2.24, 2.45) is 5.92 Å². The van der Waals surface area contributed by atoms with Crippen LogP contribution < -0.4 is 10.9 Å². The summed E-state index contributed by atoms with van der Waals surface area (Å²) in [6, 6.07) is 17.9. The number of nitriles is 1. The number of para-hydroxylation sites is 1. The first-order valence-electron chi connectivity index (χ1n) is 12.3. The molecule has 0 radical (unpaired) electrons. The van der Waals surface area contributed by atoms with E-state index in [4.69, 9.17) is 0 Å². The lowest BCUT2D eigenvalue weighted by Gasteiger charge is -2.24. The van der Waals surface area contributed by atoms with E-state index < -0.39 is 23.2 Å². The number of carbonyl (C=O) groups excluding carboxylic acids is 2. The summed E-state index contributed by atoms with van der Waals surface area (Å²) >= 11 is 0. The number of nitrogens with one attached hydrogen (secondary N) is 1. The van der Waals surface area contributed by atoms with Gasteiger partial charge in [0, 0.05) is 29.9 Å². The second kappa shape index (κ2) is 9.32. The van der Waals surface area contributed by atoms with Crippen molar-refractivity contribution in [1.29, 1.82) is 5.26 Å². The van der Waals surface area contributed by atoms with Crippen LogP contribution in [0.2, 0.25) is 0 Å². The first kappa shape index (κ1) is 24.4. The molecule has 1 saturated heterocycles. The number of hydrogen-bond acceptors (Lipinski definition) is 4. The Morgan fingerprint density at radius 3 is 2.57 bits per heavy atom. The molecule has 0 bridgehead atoms. The van der Waals surface area contributed by atoms with Crippen LogP contribution >= 0.6 is 0 Å². The second-order valence-corrected chi connectivity index (χ2v) is 10.2. The molecule has 2 aliphatic heterocycles. The number of hydrogen-bond donors (Lipinski definition) is 1. The van der Waals surface area contributed by atoms with Gasteiger partial charge >= 0.3 is 0 Å². The van der Waals surface area contributed by atoms with Crippen molar-refractivity contribution in [2.75, 3.05) is 11.9 Å². The highest BCUT2D eigenvalue weighted by Crippen LogP contribution is 2.46. The van der Waals surface area contributed by atoms with Crippen LogP contribution in [0.4, 0.5) is 10.1 Å². The number of benzene rings is 2. The summed E-state index contributed by atoms with van der Waals surface area (Å²) in [5, 5.41) is 12.8. The van der Waals surface area contributed by atoms with E-state index in [1.165, 1.54) is 33.7 Å². The Balaban J connectivity index is 1.50. The maximum Gasteiger partial charge on any atom is 0.259 e. The van der Waals surface area contributed by atoms with Crippen molar-refractivity contribution < 1.29 is 14.0 Å². The van der Waals surface area contributed by atoms with Crippen LogP contribution in [0.15, 0.2) is 65.5 Å². The number of rotatable bonds is 5. The van der Waals surface area contributed by atoms with Gasteiger partial charge in [-0.1, -0.05) is 44.2 Å². The van der Waals surface area contributed by atoms with E-state index in [0.29, 0.717) is 28.9 Å². The lowest BCUT2D eigenvalue weighted by molar-refractivity contribution is -0.132. The lowest BCUT2D eigenvalue weighted by atomic mass is 9.80. The third-order valence-electron chi connectivity index (χ3n) is 7.28. The fourth-order valence-corrected chi connectivity index (χ4v) is 5.48. The van der Waals surface area contributed by atoms with Gasteiger partial charge in [-0.3, -0.25) is 14.4 Å². The summed E-state index contributed by atoms with van der Waals surface area (Å²) < 4.78 is 14.9. The molecule has 1 unspecified atom stereocenters. The first-order chi connectivity index (χ1) is 17.7. The van der Waals surface area contributed by atoms with Gasteiger partial charge in [0.25, 0.3) is 5.56 Å². The van der Waals surface area contributed by atoms with Gasteiger partial charge in [0.05, 0.1) is 11.5 Å². The predicted octanol–water partition coefficient (Wildman–Crippen LogP) is 3.87. The minimum atomic E-state index is -0.992. The predicted molar refractivity (Wildman–Crippen MR) is 137 cm³/mol. The van der Waals surface area contributed by atoms with Crippen molar-refractivity contribution in [3.05, 3.63) is 88.1 Å². The van der Waals surface area contributed by atoms with Gasteiger partial charge in [0.15, 0.2) is 0 Å². The van der Waals surface area contributed by atoms with E-state index in [2.05, 4.69) is 11.4 Å². The van der Waals surface area contributed by atoms with Crippen LogP contribution in [0.25, 0.3) is 11.1 Å². The van der Waals surface area contributed by atoms with Crippen LogP contribution in [-0.4, -0.2) is 33.9 Å². The smallest absolute Gasteiger partial charge is 0.259 e. The Bertz CT molecular complexity index is 1490. The van der Waals surface area contributed by atoms with E-state index in [-0.39, 0.29) is 36.9 Å². The van der Waals surface area contributed by atoms with E-state index in [0.717, 1.165) is 5.56 Å². The number of nitrogens with zero attached hydrogens (tertiary/aromatic N) is 3. The van der Waals surface area contributed by atoms with Gasteiger partial charge in [0.1, 0.15) is 18.4 Å². The number of halogens is 1. The molecule has 5 rings (SSSR count). The molecule has 0 saturated carbocycles. The van der Waals surface area contributed by atoms with Crippen molar-refractivity contribution in [2.45, 2.75) is 44.7 Å². The number of carbonyl (C=O) groups is 2. The molecular formula is C29H27FN4O3. The fourth-order valence-electron chi connectivity index (χ4n) is 5.48. The molecule has 188 valence electrons. The minimum Gasteiger partial charge on any atom is -0.325 e. The second-order valence-electron chi connectivity index (χ2n) is 10.2. The molecule has 1 N–H and O–H groups in total. The van der Waals surface area contributed by atoms with E-state index in [1.807, 2.05) is 44.2 Å². The molecule has 2 aliphatic rings. The Morgan fingerprint density at radius 1 is 1.14 bits per heavy atom. The van der Waals surface area contributed by atoms with Crippen molar-refractivity contribution in [3.63, 3.8) is 0 Å². The first-order valence-corrected chi connectivity index (χ1v) is 12.3. The SMILES string of the molecule is CC(C)Cc1ccc(-c2ccc(F)cc2)c(=O)n1CC(=O)N1C[C@]2(CC1C#N)C(=O)Nc1ccccc12. The summed E-state index contributed by atoms with van der Waals surface area (Å²) in [7, 11) is 0. The van der Waals surface area contributed by atoms with E-state index in [1.54, 1.807) is 6.07 Å². The van der Waals surface area contributed by atoms with Crippen molar-refractivity contribution in [3.8, 4) is 17.2 Å². The standard InChI is InChI=1S/C29H27FN4O3/c1-18(2)13-21-11-12-23(19-7-9-20(30)10-8-19)27(36)33(21)16-26(35)34-17-29(14-22(34)15-31)24-5-3-4-6-25(24)32-28(29)37/h3-12,18,22H,13-14,16-17H2,1-2H3,(H,32,37)/t22?,29-/m0/s1. The quantitative estimate of drug-likeness (QED) is 0.578. The average molecular weight is 499 g/mol. The van der Waals surface area contributed by atoms with Gasteiger partial charge in [0.2, 0.25) is 11.8 Å². The topological polar surface area (TPSA) is 95.2 Å². The van der Waals surface area contributed by atoms with Crippen LogP contribution in [0.1, 0.15) is 31.5 Å². The number of amides is 2. The molecule has 1 spiro atoms. The van der Waals surface area contributed by atoms with Crippen molar-refractivity contribution in [1.82, 2.24) is 9.47 Å². The maximum atomic E-state index is 13.7. The molecule has 37 heavy (non-hydrogen) atoms. The number of pyridine rings is 1. The molecule has 2 aromatic carbocycles. The van der Waals surface area contributed by atoms with Crippen molar-refractivity contribution >= 4 is 17.5 Å². The lowest BCUT2D eigenvalue weighted by Crippen LogP contribution is -2.42. The number of fused-ring (bicyclic) bond motifs is 2. The zero-order valence-electron chi connectivity index (χ0n) is 20.7. The summed E-state index contributed by atoms with van der Waals surface area (Å²) in [5.74, 6) is -0.791. The monoisotopic (exact) mass is 498 g/mol. The Kier molecular flexibility index (Phi) is 6.16. The van der Waals surface area contributed by atoms with E-state index in [9.17, 15) is 24.0 Å². The molecule has 3 heterocycles. The largest absolute Gasteiger partial charge is 0.325 e. The van der Waals surface area contributed by atoms with Gasteiger partial charge in [-0.05, 0) is 53.8 Å². The summed E-state index contributed by atoms with van der Waals surface area (Å²) in [4.78, 5) is 41.7. The van der Waals surface area contributed by atoms with Gasteiger partial charge in [-0.15, -0.1) is 0 Å². The number of likely N-dealkylation sites (tertiary alicyclic amines) is 1. The number of aromatic nitrogens is 1. The third kappa shape index (κ3) is 4.20. The fraction of sp³-hybridized carbons (Fsp3) is 0.310. The highest BCUT2D eigenvalue weighted by Gasteiger charge is 2.55. The molecule has 1 fully saturated rings. The average Bonchev–Trinajstić information content (AvgIpc) is 3.40. The van der Waals surface area contributed by atoms with Gasteiger partial charge in [-0.25, -0.2) is 4.39 Å². The maximum absolute atomic E-state index is 13.7. The Labute approximate surface area is 214 Å². The highest BCUT2D eigenvalue weighted by atomic mass is 19.1. The summed E-state index contributed by atoms with van der Waals surface area (Å²) in [5.41, 5.74) is 1.74. The zero-order chi connectivity index (χ0) is 26.3. The van der Waals surface area contributed by atoms with Gasteiger partial charge in [-0.2, -0.15) is 5.26 Å². The molecular weight excluding hydrogens is 471 g/mol. The summed E-state index contributed by atoms with van der Waals surface area (Å²) in [6.45, 7) is 3.86. The zero-order valence-corrected chi connectivity index (χ0v) is 20.7. The van der Waals surface area contributed by atoms with Crippen LogP contribution in [0.5, 0.6) is 0 Å². The molecule has 8 heteroatoms. The summed E-state index contributed by atoms with van der Waals surface area (Å²) in [6.07, 6.45) is 0.773. The number of anilines is 1. The van der Waals surface area contributed by atoms with Gasteiger partial charge < -0.3 is 14.8 Å². The molecule has 2 amide bonds. The van der Waals surface area contributed by atoms with Crippen LogP contribution in [0, 0.1) is 23.1 Å². The van der Waals surface area contributed by atoms with Crippen LogP contribution in [0.3, 0.4) is 0 Å². The molecule has 2 atom stereocenters. The minimum absolute atomic E-state index is 0.0683. The Hall–Kier alpha value is -4.25. The molecule has 3 aromatic rings. The molecule has 7 nitrogen and oxygen atoms in total. The molecule has 0 aliphatic carbocycles. The van der Waals surface area contributed by atoms with E-state index >= 15 is 0 Å². The Morgan fingerprint density at radius 2 is 1.86 bits per heavy atom.